The van der Waals surface area contributed by atoms with E-state index in [-0.39, 0.29) is 5.91 Å². The third-order valence-corrected chi connectivity index (χ3v) is 7.70. The van der Waals surface area contributed by atoms with Crippen LogP contribution < -0.4 is 15.0 Å². The van der Waals surface area contributed by atoms with Crippen molar-refractivity contribution in [3.8, 4) is 17.0 Å². The number of likely N-dealkylation sites (N-methyl/N-ethyl adjacent to an activating group) is 3. The molecule has 226 valence electrons. The zero-order chi connectivity index (χ0) is 30.5. The molecule has 0 unspecified atom stereocenters. The molecule has 5 rings (SSSR count). The predicted octanol–water partition coefficient (Wildman–Crippen LogP) is 5.09. The molecule has 1 aliphatic carbocycles. The molecule has 1 amide bonds. The van der Waals surface area contributed by atoms with Crippen molar-refractivity contribution >= 4 is 28.2 Å². The summed E-state index contributed by atoms with van der Waals surface area (Å²) in [6.07, 6.45) is 10.4. The van der Waals surface area contributed by atoms with Gasteiger partial charge in [0.25, 0.3) is 0 Å². The van der Waals surface area contributed by atoms with Crippen molar-refractivity contribution in [1.82, 2.24) is 24.3 Å². The first-order valence-electron chi connectivity index (χ1n) is 14.8. The Labute approximate surface area is 254 Å². The maximum Gasteiger partial charge on any atom is 0.248 e. The molecule has 4 aromatic rings. The molecule has 1 fully saturated rings. The number of rotatable bonds is 13. The molecule has 0 bridgehead atoms. The van der Waals surface area contributed by atoms with Gasteiger partial charge in [-0.15, -0.1) is 0 Å². The summed E-state index contributed by atoms with van der Waals surface area (Å²) in [7, 11) is 11.7. The maximum absolute atomic E-state index is 12.9. The lowest BCUT2D eigenvalue weighted by atomic mass is 10.1. The molecule has 0 radical (unpaired) electrons. The van der Waals surface area contributed by atoms with Crippen LogP contribution in [0.25, 0.3) is 22.2 Å². The minimum atomic E-state index is -0.175. The summed E-state index contributed by atoms with van der Waals surface area (Å²) in [5.74, 6) is 1.24. The number of para-hydroxylation sites is 1. The van der Waals surface area contributed by atoms with Crippen molar-refractivity contribution in [3.63, 3.8) is 0 Å². The van der Waals surface area contributed by atoms with E-state index in [1.54, 1.807) is 13.2 Å². The Morgan fingerprint density at radius 3 is 2.58 bits per heavy atom. The van der Waals surface area contributed by atoms with Crippen LogP contribution in [0.4, 0.5) is 11.4 Å². The Balaban J connectivity index is 1.47. The van der Waals surface area contributed by atoms with Gasteiger partial charge in [0.1, 0.15) is 11.6 Å². The largest absolute Gasteiger partial charge is 0.496 e. The number of anilines is 2. The topological polar surface area (TPSA) is 78.8 Å². The fraction of sp³-hybridized carbons (Fsp3) is 0.382. The molecule has 9 nitrogen and oxygen atoms in total. The number of amides is 1. The Bertz CT molecular complexity index is 1600. The van der Waals surface area contributed by atoms with Gasteiger partial charge in [0, 0.05) is 85.7 Å². The first-order chi connectivity index (χ1) is 20.7. The molecule has 0 saturated heterocycles. The van der Waals surface area contributed by atoms with E-state index in [9.17, 15) is 4.79 Å². The molecule has 1 N–H and O–H groups in total. The van der Waals surface area contributed by atoms with Gasteiger partial charge in [-0.05, 0) is 59.2 Å². The van der Waals surface area contributed by atoms with Crippen LogP contribution in [0.1, 0.15) is 30.3 Å². The molecule has 9 heteroatoms. The van der Waals surface area contributed by atoms with Gasteiger partial charge in [0.2, 0.25) is 5.91 Å². The molecule has 0 aliphatic heterocycles. The highest BCUT2D eigenvalue weighted by atomic mass is 16.5. The SMILES string of the molecule is COc1cc(N(C)CCN(C)C)c(NC(=O)/C=C/CN(C)C)cc1Cc1nccc(-c2cn(C3CC3)c3ccccc23)n1. The van der Waals surface area contributed by atoms with Crippen molar-refractivity contribution in [2.75, 3.05) is 72.2 Å². The third kappa shape index (κ3) is 7.42. The van der Waals surface area contributed by atoms with Crippen LogP contribution in [0, 0.1) is 0 Å². The van der Waals surface area contributed by atoms with Gasteiger partial charge in [-0.2, -0.15) is 0 Å². The van der Waals surface area contributed by atoms with Crippen molar-refractivity contribution in [2.45, 2.75) is 25.3 Å². The summed E-state index contributed by atoms with van der Waals surface area (Å²) >= 11 is 0. The Hall–Kier alpha value is -4.21. The van der Waals surface area contributed by atoms with Gasteiger partial charge in [-0.3, -0.25) is 4.79 Å². The van der Waals surface area contributed by atoms with E-state index in [2.05, 4.69) is 55.1 Å². The number of benzene rings is 2. The second kappa shape index (κ2) is 13.4. The van der Waals surface area contributed by atoms with Crippen LogP contribution in [0.3, 0.4) is 0 Å². The van der Waals surface area contributed by atoms with Gasteiger partial charge in [-0.25, -0.2) is 9.97 Å². The minimum absolute atomic E-state index is 0.175. The van der Waals surface area contributed by atoms with E-state index < -0.39 is 0 Å². The number of carbonyl (C=O) groups is 1. The number of carbonyl (C=O) groups excluding carboxylic acids is 1. The highest BCUT2D eigenvalue weighted by Gasteiger charge is 2.26. The van der Waals surface area contributed by atoms with Crippen LogP contribution >= 0.6 is 0 Å². The fourth-order valence-electron chi connectivity index (χ4n) is 5.24. The minimum Gasteiger partial charge on any atom is -0.496 e. The Morgan fingerprint density at radius 1 is 1.07 bits per heavy atom. The number of fused-ring (bicyclic) bond motifs is 1. The molecule has 0 atom stereocenters. The lowest BCUT2D eigenvalue weighted by molar-refractivity contribution is -0.111. The van der Waals surface area contributed by atoms with E-state index in [1.165, 1.54) is 23.7 Å². The molecular formula is C34H43N7O2. The molecule has 2 heterocycles. The number of methoxy groups -OCH3 is 1. The summed E-state index contributed by atoms with van der Waals surface area (Å²) in [4.78, 5) is 28.8. The van der Waals surface area contributed by atoms with Gasteiger partial charge >= 0.3 is 0 Å². The lowest BCUT2D eigenvalue weighted by Crippen LogP contribution is -2.29. The number of nitrogens with zero attached hydrogens (tertiary/aromatic N) is 6. The molecule has 2 aromatic heterocycles. The normalized spacial score (nSPS) is 13.4. The van der Waals surface area contributed by atoms with Crippen LogP contribution in [0.5, 0.6) is 5.75 Å². The van der Waals surface area contributed by atoms with Gasteiger partial charge < -0.3 is 29.3 Å². The van der Waals surface area contributed by atoms with Gasteiger partial charge in [-0.1, -0.05) is 24.3 Å². The molecule has 43 heavy (non-hydrogen) atoms. The number of ether oxygens (including phenoxy) is 1. The van der Waals surface area contributed by atoms with Crippen LogP contribution in [-0.2, 0) is 11.2 Å². The number of hydrogen-bond donors (Lipinski definition) is 1. The van der Waals surface area contributed by atoms with Crippen LogP contribution in [0.2, 0.25) is 0 Å². The van der Waals surface area contributed by atoms with E-state index in [4.69, 9.17) is 9.72 Å². The molecular weight excluding hydrogens is 538 g/mol. The summed E-state index contributed by atoms with van der Waals surface area (Å²) in [5.41, 5.74) is 5.78. The zero-order valence-corrected chi connectivity index (χ0v) is 26.2. The second-order valence-corrected chi connectivity index (χ2v) is 11.8. The highest BCUT2D eigenvalue weighted by molar-refractivity contribution is 6.02. The second-order valence-electron chi connectivity index (χ2n) is 11.8. The van der Waals surface area contributed by atoms with E-state index in [0.29, 0.717) is 24.8 Å². The van der Waals surface area contributed by atoms with Crippen molar-refractivity contribution < 1.29 is 9.53 Å². The monoisotopic (exact) mass is 581 g/mol. The van der Waals surface area contributed by atoms with Crippen molar-refractivity contribution in [2.24, 2.45) is 0 Å². The molecule has 1 aliphatic rings. The average molecular weight is 582 g/mol. The molecule has 0 spiro atoms. The number of hydrogen-bond acceptors (Lipinski definition) is 7. The van der Waals surface area contributed by atoms with Crippen molar-refractivity contribution in [3.05, 3.63) is 78.4 Å². The molecule has 2 aromatic carbocycles. The van der Waals surface area contributed by atoms with Gasteiger partial charge in [0.15, 0.2) is 0 Å². The summed E-state index contributed by atoms with van der Waals surface area (Å²) in [6, 6.07) is 15.1. The summed E-state index contributed by atoms with van der Waals surface area (Å²) in [5, 5.41) is 4.31. The maximum atomic E-state index is 12.9. The first-order valence-corrected chi connectivity index (χ1v) is 14.8. The van der Waals surface area contributed by atoms with E-state index in [1.807, 2.05) is 70.6 Å². The number of aromatic nitrogens is 3. The van der Waals surface area contributed by atoms with Crippen molar-refractivity contribution in [1.29, 1.82) is 0 Å². The van der Waals surface area contributed by atoms with Gasteiger partial charge in [0.05, 0.1) is 24.2 Å². The zero-order valence-electron chi connectivity index (χ0n) is 26.2. The highest BCUT2D eigenvalue weighted by Crippen LogP contribution is 2.41. The molecule has 1 saturated carbocycles. The van der Waals surface area contributed by atoms with E-state index in [0.717, 1.165) is 47.0 Å². The van der Waals surface area contributed by atoms with Crippen LogP contribution in [-0.4, -0.2) is 92.2 Å². The predicted molar refractivity (Wildman–Crippen MR) is 175 cm³/mol. The summed E-state index contributed by atoms with van der Waals surface area (Å²) < 4.78 is 8.26. The average Bonchev–Trinajstić information content (AvgIpc) is 3.75. The quantitative estimate of drug-likeness (QED) is 0.221. The fourth-order valence-corrected chi connectivity index (χ4v) is 5.24. The van der Waals surface area contributed by atoms with E-state index >= 15 is 0 Å². The first kappa shape index (κ1) is 30.3. The third-order valence-electron chi connectivity index (χ3n) is 7.70. The van der Waals surface area contributed by atoms with Crippen LogP contribution in [0.15, 0.2) is 67.0 Å². The Kier molecular flexibility index (Phi) is 9.43. The Morgan fingerprint density at radius 2 is 1.86 bits per heavy atom. The standard InChI is InChI=1S/C34H43N7O2/c1-38(2)17-9-12-34(42)37-29-20-24(32(43-6)22-31(29)40(5)19-18-39(3)4)21-33-35-16-15-28(36-33)27-23-41(25-13-14-25)30-11-8-7-10-26(27)30/h7-12,15-16,20,22-23,25H,13-14,17-19,21H2,1-6H3,(H,37,42)/b12-9+. The lowest BCUT2D eigenvalue weighted by Gasteiger charge is -2.25. The number of nitrogens with one attached hydrogen (secondary N) is 1. The summed E-state index contributed by atoms with van der Waals surface area (Å²) in [6.45, 7) is 2.34. The smallest absolute Gasteiger partial charge is 0.248 e.